The molecule has 0 radical (unpaired) electrons. The number of carbonyl (C=O) groups is 1. The van der Waals surface area contributed by atoms with E-state index in [1.165, 1.54) is 6.07 Å². The van der Waals surface area contributed by atoms with Gasteiger partial charge in [-0.3, -0.25) is 14.9 Å². The van der Waals surface area contributed by atoms with E-state index in [-0.39, 0.29) is 22.5 Å². The van der Waals surface area contributed by atoms with Gasteiger partial charge in [-0.05, 0) is 18.9 Å². The Hall–Kier alpha value is -1.82. The molecule has 1 aromatic carbocycles. The number of anilines is 2. The molecular weight excluding hydrogens is 294 g/mol. The Balaban J connectivity index is 2.40. The summed E-state index contributed by atoms with van der Waals surface area (Å²) in [5.41, 5.74) is 0.910. The third-order valence-corrected chi connectivity index (χ3v) is 3.80. The summed E-state index contributed by atoms with van der Waals surface area (Å²) < 4.78 is 0. The van der Waals surface area contributed by atoms with Gasteiger partial charge < -0.3 is 10.2 Å². The van der Waals surface area contributed by atoms with E-state index in [0.717, 1.165) is 25.9 Å². The van der Waals surface area contributed by atoms with Gasteiger partial charge in [-0.15, -0.1) is 0 Å². The number of amides is 1. The van der Waals surface area contributed by atoms with Gasteiger partial charge in [0.2, 0.25) is 5.91 Å². The fraction of sp³-hybridized carbons (Fsp3) is 0.500. The molecule has 1 saturated heterocycles. The number of nitrogens with one attached hydrogen (secondary N) is 1. The first-order valence-electron chi connectivity index (χ1n) is 6.94. The summed E-state index contributed by atoms with van der Waals surface area (Å²) in [6, 6.07) is 2.91. The molecule has 1 aromatic rings. The zero-order chi connectivity index (χ0) is 15.6. The first-order valence-corrected chi connectivity index (χ1v) is 7.31. The average Bonchev–Trinajstić information content (AvgIpc) is 2.94. The number of nitro benzene ring substituents is 1. The van der Waals surface area contributed by atoms with Crippen LogP contribution in [0.15, 0.2) is 12.1 Å². The van der Waals surface area contributed by atoms with Gasteiger partial charge >= 0.3 is 0 Å². The number of halogens is 1. The van der Waals surface area contributed by atoms with Gasteiger partial charge in [0.15, 0.2) is 0 Å². The van der Waals surface area contributed by atoms with Crippen LogP contribution in [0.2, 0.25) is 5.02 Å². The molecule has 1 heterocycles. The number of carbonyl (C=O) groups excluding carboxylic acids is 1. The highest BCUT2D eigenvalue weighted by atomic mass is 35.5. The number of hydrogen-bond acceptors (Lipinski definition) is 4. The van der Waals surface area contributed by atoms with Crippen LogP contribution in [0.4, 0.5) is 17.1 Å². The van der Waals surface area contributed by atoms with E-state index in [4.69, 9.17) is 11.6 Å². The molecule has 0 saturated carbocycles. The molecule has 21 heavy (non-hydrogen) atoms. The molecule has 0 aliphatic carbocycles. The summed E-state index contributed by atoms with van der Waals surface area (Å²) in [4.78, 5) is 24.5. The molecule has 1 aliphatic heterocycles. The minimum Gasteiger partial charge on any atom is -0.366 e. The number of nitrogens with zero attached hydrogens (tertiary/aromatic N) is 2. The van der Waals surface area contributed by atoms with Crippen molar-refractivity contribution < 1.29 is 9.72 Å². The summed E-state index contributed by atoms with van der Waals surface area (Å²) >= 11 is 6.06. The zero-order valence-electron chi connectivity index (χ0n) is 12.1. The van der Waals surface area contributed by atoms with Gasteiger partial charge in [0.05, 0.1) is 15.6 Å². The summed E-state index contributed by atoms with van der Waals surface area (Å²) in [6.07, 6.45) is 2.01. The maximum absolute atomic E-state index is 11.8. The quantitative estimate of drug-likeness (QED) is 0.682. The van der Waals surface area contributed by atoms with Gasteiger partial charge in [0, 0.05) is 25.1 Å². The van der Waals surface area contributed by atoms with E-state index < -0.39 is 4.92 Å². The van der Waals surface area contributed by atoms with Crippen LogP contribution < -0.4 is 10.2 Å². The molecule has 0 spiro atoms. The molecule has 1 amide bonds. The molecule has 1 N–H and O–H groups in total. The first kappa shape index (κ1) is 15.6. The summed E-state index contributed by atoms with van der Waals surface area (Å²) in [5, 5.41) is 14.1. The van der Waals surface area contributed by atoms with Crippen LogP contribution in [0.25, 0.3) is 0 Å². The normalized spacial score (nSPS) is 14.6. The fourth-order valence-electron chi connectivity index (χ4n) is 2.28. The van der Waals surface area contributed by atoms with Crippen LogP contribution in [0.1, 0.15) is 26.7 Å². The van der Waals surface area contributed by atoms with Crippen molar-refractivity contribution in [3.8, 4) is 0 Å². The molecule has 1 fully saturated rings. The Morgan fingerprint density at radius 3 is 2.52 bits per heavy atom. The van der Waals surface area contributed by atoms with E-state index in [1.807, 2.05) is 4.90 Å². The minimum atomic E-state index is -0.437. The van der Waals surface area contributed by atoms with E-state index >= 15 is 0 Å². The van der Waals surface area contributed by atoms with Gasteiger partial charge in [0.25, 0.3) is 5.69 Å². The van der Waals surface area contributed by atoms with Crippen LogP contribution in [0.5, 0.6) is 0 Å². The van der Waals surface area contributed by atoms with Gasteiger partial charge in [-0.2, -0.15) is 0 Å². The smallest absolute Gasteiger partial charge is 0.294 e. The van der Waals surface area contributed by atoms with Crippen LogP contribution in [0.3, 0.4) is 0 Å². The van der Waals surface area contributed by atoms with E-state index in [1.54, 1.807) is 19.9 Å². The Labute approximate surface area is 128 Å². The standard InChI is InChI=1S/C14H18ClN3O3/c1-9(2)14(19)16-11-8-12(17-5-3-4-6-17)13(18(20)21)7-10(11)15/h7-9H,3-6H2,1-2H3,(H,16,19). The maximum Gasteiger partial charge on any atom is 0.294 e. The van der Waals surface area contributed by atoms with E-state index in [0.29, 0.717) is 11.4 Å². The van der Waals surface area contributed by atoms with E-state index in [2.05, 4.69) is 5.32 Å². The van der Waals surface area contributed by atoms with Crippen molar-refractivity contribution >= 4 is 34.6 Å². The highest BCUT2D eigenvalue weighted by Crippen LogP contribution is 2.38. The lowest BCUT2D eigenvalue weighted by Crippen LogP contribution is -2.21. The van der Waals surface area contributed by atoms with Crippen molar-refractivity contribution in [2.75, 3.05) is 23.3 Å². The summed E-state index contributed by atoms with van der Waals surface area (Å²) in [7, 11) is 0. The second-order valence-corrected chi connectivity index (χ2v) is 5.82. The Kier molecular flexibility index (Phi) is 4.67. The fourth-order valence-corrected chi connectivity index (χ4v) is 2.49. The molecule has 0 unspecified atom stereocenters. The molecule has 114 valence electrons. The van der Waals surface area contributed by atoms with Crippen molar-refractivity contribution in [1.82, 2.24) is 0 Å². The van der Waals surface area contributed by atoms with Crippen LogP contribution in [-0.2, 0) is 4.79 Å². The molecule has 0 atom stereocenters. The minimum absolute atomic E-state index is 0.0237. The van der Waals surface area contributed by atoms with Crippen molar-refractivity contribution in [1.29, 1.82) is 0 Å². The van der Waals surface area contributed by atoms with Gasteiger partial charge in [-0.25, -0.2) is 0 Å². The maximum atomic E-state index is 11.8. The lowest BCUT2D eigenvalue weighted by molar-refractivity contribution is -0.384. The van der Waals surface area contributed by atoms with Crippen LogP contribution in [0, 0.1) is 16.0 Å². The second kappa shape index (κ2) is 6.30. The molecule has 0 aromatic heterocycles. The molecule has 7 heteroatoms. The molecule has 1 aliphatic rings. The van der Waals surface area contributed by atoms with Crippen molar-refractivity contribution in [3.05, 3.63) is 27.3 Å². The van der Waals surface area contributed by atoms with Crippen molar-refractivity contribution in [2.24, 2.45) is 5.92 Å². The predicted octanol–water partition coefficient (Wildman–Crippen LogP) is 3.44. The van der Waals surface area contributed by atoms with Crippen molar-refractivity contribution in [3.63, 3.8) is 0 Å². The summed E-state index contributed by atoms with van der Waals surface area (Å²) in [6.45, 7) is 5.10. The third-order valence-electron chi connectivity index (χ3n) is 3.49. The molecular formula is C14H18ClN3O3. The Morgan fingerprint density at radius 1 is 1.38 bits per heavy atom. The average molecular weight is 312 g/mol. The first-order chi connectivity index (χ1) is 9.90. The largest absolute Gasteiger partial charge is 0.366 e. The topological polar surface area (TPSA) is 75.5 Å². The van der Waals surface area contributed by atoms with Crippen molar-refractivity contribution in [2.45, 2.75) is 26.7 Å². The molecule has 6 nitrogen and oxygen atoms in total. The van der Waals surface area contributed by atoms with Gasteiger partial charge in [0.1, 0.15) is 5.69 Å². The number of nitro groups is 1. The number of benzene rings is 1. The Bertz CT molecular complexity index is 569. The lowest BCUT2D eigenvalue weighted by atomic mass is 10.2. The SMILES string of the molecule is CC(C)C(=O)Nc1cc(N2CCCC2)c([N+](=O)[O-])cc1Cl. The monoisotopic (exact) mass is 311 g/mol. The number of hydrogen-bond donors (Lipinski definition) is 1. The Morgan fingerprint density at radius 2 is 2.00 bits per heavy atom. The summed E-state index contributed by atoms with van der Waals surface area (Å²) in [5.74, 6) is -0.357. The van der Waals surface area contributed by atoms with Crippen LogP contribution in [-0.4, -0.2) is 23.9 Å². The molecule has 2 rings (SSSR count). The highest BCUT2D eigenvalue weighted by Gasteiger charge is 2.25. The van der Waals surface area contributed by atoms with Gasteiger partial charge in [-0.1, -0.05) is 25.4 Å². The lowest BCUT2D eigenvalue weighted by Gasteiger charge is -2.19. The van der Waals surface area contributed by atoms with E-state index in [9.17, 15) is 14.9 Å². The second-order valence-electron chi connectivity index (χ2n) is 5.42. The molecule has 0 bridgehead atoms. The third kappa shape index (κ3) is 3.44. The highest BCUT2D eigenvalue weighted by molar-refractivity contribution is 6.34. The van der Waals surface area contributed by atoms with Crippen LogP contribution >= 0.6 is 11.6 Å². The predicted molar refractivity (Wildman–Crippen MR) is 83.0 cm³/mol. The number of rotatable bonds is 4. The zero-order valence-corrected chi connectivity index (χ0v) is 12.8.